The highest BCUT2D eigenvalue weighted by atomic mass is 16.4. The van der Waals surface area contributed by atoms with Crippen molar-refractivity contribution in [2.24, 2.45) is 5.41 Å². The maximum absolute atomic E-state index is 11.6. The molecule has 0 aliphatic heterocycles. The van der Waals surface area contributed by atoms with E-state index < -0.39 is 12.1 Å². The van der Waals surface area contributed by atoms with Crippen molar-refractivity contribution in [2.75, 3.05) is 6.54 Å². The lowest BCUT2D eigenvalue weighted by atomic mass is 9.89. The number of aliphatic hydroxyl groups is 1. The quantitative estimate of drug-likeness (QED) is 0.646. The molecule has 1 aromatic rings. The molecule has 1 aromatic carbocycles. The third-order valence-electron chi connectivity index (χ3n) is 3.00. The first kappa shape index (κ1) is 18.0. The summed E-state index contributed by atoms with van der Waals surface area (Å²) in [5.74, 6) is -0.981. The molecule has 0 aliphatic rings. The zero-order valence-electron chi connectivity index (χ0n) is 13.2. The van der Waals surface area contributed by atoms with Gasteiger partial charge in [-0.2, -0.15) is 0 Å². The lowest BCUT2D eigenvalue weighted by Crippen LogP contribution is -2.40. The minimum Gasteiger partial charge on any atom is -0.478 e. The van der Waals surface area contributed by atoms with E-state index in [9.17, 15) is 14.7 Å². The minimum absolute atomic E-state index is 0.00343. The molecular formula is C16H24N2O4. The van der Waals surface area contributed by atoms with Gasteiger partial charge < -0.3 is 20.8 Å². The number of aromatic carboxylic acids is 1. The van der Waals surface area contributed by atoms with Crippen LogP contribution in [0.15, 0.2) is 24.3 Å². The highest BCUT2D eigenvalue weighted by Crippen LogP contribution is 2.20. The summed E-state index contributed by atoms with van der Waals surface area (Å²) in [5, 5.41) is 23.9. The second-order valence-corrected chi connectivity index (χ2v) is 6.48. The molecule has 0 saturated heterocycles. The first-order chi connectivity index (χ1) is 10.2. The smallest absolute Gasteiger partial charge is 0.335 e. The Bertz CT molecular complexity index is 506. The van der Waals surface area contributed by atoms with Crippen LogP contribution in [0.5, 0.6) is 0 Å². The molecule has 0 heterocycles. The molecule has 0 fully saturated rings. The van der Waals surface area contributed by atoms with Crippen LogP contribution in [0.2, 0.25) is 0 Å². The average Bonchev–Trinajstić information content (AvgIpc) is 2.41. The third kappa shape index (κ3) is 7.08. The van der Waals surface area contributed by atoms with Gasteiger partial charge in [-0.3, -0.25) is 0 Å². The number of amides is 2. The predicted octanol–water partition coefficient (Wildman–Crippen LogP) is 1.98. The molecule has 6 nitrogen and oxygen atoms in total. The van der Waals surface area contributed by atoms with Gasteiger partial charge in [0.25, 0.3) is 0 Å². The predicted molar refractivity (Wildman–Crippen MR) is 83.7 cm³/mol. The van der Waals surface area contributed by atoms with Crippen molar-refractivity contribution >= 4 is 12.0 Å². The van der Waals surface area contributed by atoms with Crippen LogP contribution in [-0.4, -0.2) is 34.9 Å². The summed E-state index contributed by atoms with van der Waals surface area (Å²) in [5.41, 5.74) is 1.01. The van der Waals surface area contributed by atoms with Crippen LogP contribution in [0.25, 0.3) is 0 Å². The molecule has 6 heteroatoms. The summed E-state index contributed by atoms with van der Waals surface area (Å²) in [7, 11) is 0. The molecule has 0 aliphatic carbocycles. The normalized spacial score (nSPS) is 12.5. The Morgan fingerprint density at radius 1 is 1.14 bits per heavy atom. The summed E-state index contributed by atoms with van der Waals surface area (Å²) in [6.07, 6.45) is 0.0183. The van der Waals surface area contributed by atoms with E-state index in [1.165, 1.54) is 12.1 Å². The summed E-state index contributed by atoms with van der Waals surface area (Å²) in [4.78, 5) is 22.4. The van der Waals surface area contributed by atoms with Gasteiger partial charge in [-0.05, 0) is 29.5 Å². The fraction of sp³-hybridized carbons (Fsp3) is 0.500. The Hall–Kier alpha value is -2.08. The molecule has 2 amide bonds. The molecular weight excluding hydrogens is 284 g/mol. The molecule has 0 saturated carbocycles. The molecule has 0 aromatic heterocycles. The van der Waals surface area contributed by atoms with Crippen molar-refractivity contribution in [3.63, 3.8) is 0 Å². The number of carboxylic acid groups (broad SMARTS) is 1. The van der Waals surface area contributed by atoms with Gasteiger partial charge in [-0.15, -0.1) is 0 Å². The van der Waals surface area contributed by atoms with Crippen molar-refractivity contribution in [1.82, 2.24) is 10.6 Å². The number of hydrogen-bond acceptors (Lipinski definition) is 3. The van der Waals surface area contributed by atoms with Crippen LogP contribution in [0.3, 0.4) is 0 Å². The van der Waals surface area contributed by atoms with Gasteiger partial charge in [0.15, 0.2) is 0 Å². The zero-order chi connectivity index (χ0) is 16.8. The van der Waals surface area contributed by atoms with E-state index in [0.29, 0.717) is 13.0 Å². The third-order valence-corrected chi connectivity index (χ3v) is 3.00. The van der Waals surface area contributed by atoms with Crippen LogP contribution >= 0.6 is 0 Å². The maximum Gasteiger partial charge on any atom is 0.335 e. The topological polar surface area (TPSA) is 98.7 Å². The SMILES string of the molecule is CC(C)(C)CC(O)CNC(=O)NCc1ccc(C(=O)O)cc1. The molecule has 122 valence electrons. The highest BCUT2D eigenvalue weighted by Gasteiger charge is 2.17. The number of carboxylic acids is 1. The van der Waals surface area contributed by atoms with Gasteiger partial charge in [0.1, 0.15) is 0 Å². The standard InChI is InChI=1S/C16H24N2O4/c1-16(2,3)8-13(19)10-18-15(22)17-9-11-4-6-12(7-5-11)14(20)21/h4-7,13,19H,8-10H2,1-3H3,(H,20,21)(H2,17,18,22). The van der Waals surface area contributed by atoms with E-state index in [1.54, 1.807) is 12.1 Å². The Balaban J connectivity index is 2.32. The van der Waals surface area contributed by atoms with Crippen molar-refractivity contribution in [2.45, 2.75) is 39.8 Å². The Morgan fingerprint density at radius 2 is 1.73 bits per heavy atom. The molecule has 1 unspecified atom stereocenters. The number of rotatable bonds is 6. The lowest BCUT2D eigenvalue weighted by Gasteiger charge is -2.22. The van der Waals surface area contributed by atoms with Gasteiger partial charge in [-0.25, -0.2) is 9.59 Å². The Morgan fingerprint density at radius 3 is 2.23 bits per heavy atom. The van der Waals surface area contributed by atoms with Crippen molar-refractivity contribution < 1.29 is 19.8 Å². The number of hydrogen-bond donors (Lipinski definition) is 4. The summed E-state index contributed by atoms with van der Waals surface area (Å²) < 4.78 is 0. The maximum atomic E-state index is 11.6. The number of aliphatic hydroxyl groups excluding tert-OH is 1. The largest absolute Gasteiger partial charge is 0.478 e. The molecule has 0 radical (unpaired) electrons. The van der Waals surface area contributed by atoms with Gasteiger partial charge in [0.05, 0.1) is 11.7 Å². The van der Waals surface area contributed by atoms with Gasteiger partial charge in [-0.1, -0.05) is 32.9 Å². The second-order valence-electron chi connectivity index (χ2n) is 6.48. The monoisotopic (exact) mass is 308 g/mol. The first-order valence-electron chi connectivity index (χ1n) is 7.19. The van der Waals surface area contributed by atoms with Gasteiger partial charge >= 0.3 is 12.0 Å². The fourth-order valence-electron chi connectivity index (χ4n) is 2.00. The number of carbonyl (C=O) groups excluding carboxylic acids is 1. The summed E-state index contributed by atoms with van der Waals surface area (Å²) in [6.45, 7) is 6.56. The van der Waals surface area contributed by atoms with E-state index in [2.05, 4.69) is 10.6 Å². The molecule has 22 heavy (non-hydrogen) atoms. The zero-order valence-corrected chi connectivity index (χ0v) is 13.2. The van der Waals surface area contributed by atoms with Crippen LogP contribution in [0, 0.1) is 5.41 Å². The first-order valence-corrected chi connectivity index (χ1v) is 7.19. The number of benzene rings is 1. The lowest BCUT2D eigenvalue weighted by molar-refractivity contribution is 0.0696. The van der Waals surface area contributed by atoms with Crippen molar-refractivity contribution in [3.8, 4) is 0 Å². The summed E-state index contributed by atoms with van der Waals surface area (Å²) in [6, 6.07) is 5.92. The van der Waals surface area contributed by atoms with Crippen LogP contribution in [0.4, 0.5) is 4.79 Å². The Labute approximate surface area is 130 Å². The molecule has 1 rings (SSSR count). The van der Waals surface area contributed by atoms with Crippen LogP contribution < -0.4 is 10.6 Å². The molecule has 4 N–H and O–H groups in total. The van der Waals surface area contributed by atoms with E-state index >= 15 is 0 Å². The van der Waals surface area contributed by atoms with Gasteiger partial charge in [0, 0.05) is 13.1 Å². The second kappa shape index (κ2) is 7.79. The van der Waals surface area contributed by atoms with Crippen LogP contribution in [0.1, 0.15) is 43.1 Å². The minimum atomic E-state index is -0.981. The number of nitrogens with one attached hydrogen (secondary N) is 2. The molecule has 1 atom stereocenters. The van der Waals surface area contributed by atoms with E-state index in [1.807, 2.05) is 20.8 Å². The van der Waals surface area contributed by atoms with Crippen molar-refractivity contribution in [3.05, 3.63) is 35.4 Å². The van der Waals surface area contributed by atoms with E-state index in [-0.39, 0.29) is 23.6 Å². The van der Waals surface area contributed by atoms with E-state index in [0.717, 1.165) is 5.56 Å². The highest BCUT2D eigenvalue weighted by molar-refractivity contribution is 5.87. The molecule has 0 bridgehead atoms. The fourth-order valence-corrected chi connectivity index (χ4v) is 2.00. The summed E-state index contributed by atoms with van der Waals surface area (Å²) >= 11 is 0. The molecule has 0 spiro atoms. The average molecular weight is 308 g/mol. The number of urea groups is 1. The van der Waals surface area contributed by atoms with Crippen molar-refractivity contribution in [1.29, 1.82) is 0 Å². The number of carbonyl (C=O) groups is 2. The van der Waals surface area contributed by atoms with Crippen LogP contribution in [-0.2, 0) is 6.54 Å². The van der Waals surface area contributed by atoms with Gasteiger partial charge in [0.2, 0.25) is 0 Å². The van der Waals surface area contributed by atoms with E-state index in [4.69, 9.17) is 5.11 Å². The Kier molecular flexibility index (Phi) is 6.37.